The van der Waals surface area contributed by atoms with E-state index in [2.05, 4.69) is 24.1 Å². The van der Waals surface area contributed by atoms with Gasteiger partial charge < -0.3 is 28.3 Å². The molecule has 2 heterocycles. The second-order valence-electron chi connectivity index (χ2n) is 7.53. The van der Waals surface area contributed by atoms with E-state index in [-0.39, 0.29) is 80.5 Å². The predicted octanol–water partition coefficient (Wildman–Crippen LogP) is 5.15. The monoisotopic (exact) mass is 552 g/mol. The third kappa shape index (κ3) is 6.56. The van der Waals surface area contributed by atoms with Gasteiger partial charge in [-0.3, -0.25) is 4.79 Å². The predicted molar refractivity (Wildman–Crippen MR) is 137 cm³/mol. The van der Waals surface area contributed by atoms with Crippen LogP contribution < -0.4 is 58.2 Å². The van der Waals surface area contributed by atoms with Gasteiger partial charge in [-0.15, -0.1) is 7.05 Å². The molecule has 0 spiro atoms. The molecular weight excluding hydrogens is 518 g/mol. The summed E-state index contributed by atoms with van der Waals surface area (Å²) in [6.45, 7) is 14.2. The number of nitrogens with one attached hydrogen (secondary N) is 1. The van der Waals surface area contributed by atoms with Crippen LogP contribution in [0, 0.1) is 5.92 Å². The van der Waals surface area contributed by atoms with Crippen LogP contribution in [0.25, 0.3) is 38.7 Å². The van der Waals surface area contributed by atoms with Crippen LogP contribution in [-0.2, 0) is 12.8 Å². The van der Waals surface area contributed by atoms with Crippen LogP contribution in [0.15, 0.2) is 37.5 Å². The number of hydrogen-bond donors (Lipinski definition) is 1. The molecule has 8 heteroatoms. The minimum absolute atomic E-state index is 0. The Morgan fingerprint density at radius 1 is 1.00 bits per heavy atom. The van der Waals surface area contributed by atoms with Gasteiger partial charge in [0.1, 0.15) is 11.3 Å². The first-order valence-corrected chi connectivity index (χ1v) is 11.9. The van der Waals surface area contributed by atoms with Crippen molar-refractivity contribution in [1.82, 2.24) is 4.98 Å². The first kappa shape index (κ1) is 31.4. The number of H-pyrrole nitrogens is 1. The van der Waals surface area contributed by atoms with E-state index in [1.165, 1.54) is 7.05 Å². The number of amides is 1. The summed E-state index contributed by atoms with van der Waals surface area (Å²) in [5.74, 6) is 0.512. The maximum absolute atomic E-state index is 12.7. The van der Waals surface area contributed by atoms with Crippen molar-refractivity contribution >= 4 is 45.6 Å². The molecule has 7 nitrogen and oxygen atoms in total. The molecule has 0 aliphatic heterocycles. The molecular formula is C27H35N2O5Rb. The maximum Gasteiger partial charge on any atom is 1.00 e. The first-order chi connectivity index (χ1) is 16.5. The van der Waals surface area contributed by atoms with E-state index in [0.29, 0.717) is 47.3 Å². The molecule has 35 heavy (non-hydrogen) atoms. The van der Waals surface area contributed by atoms with Gasteiger partial charge in [0.15, 0.2) is 34.2 Å². The van der Waals surface area contributed by atoms with Crippen LogP contribution in [0.4, 0.5) is 0 Å². The smallest absolute Gasteiger partial charge is 0.652 e. The largest absolute Gasteiger partial charge is 1.00 e. The minimum atomic E-state index is -0.566. The van der Waals surface area contributed by atoms with Crippen molar-refractivity contribution in [3.63, 3.8) is 0 Å². The number of aromatic nitrogens is 1. The van der Waals surface area contributed by atoms with Gasteiger partial charge in [0.05, 0.1) is 22.7 Å². The number of fused-ring (bicyclic) bond motifs is 4. The summed E-state index contributed by atoms with van der Waals surface area (Å²) >= 11 is 0. The van der Waals surface area contributed by atoms with Crippen molar-refractivity contribution in [3.8, 4) is 0 Å². The molecule has 1 N–H and O–H groups in total. The third-order valence-electron chi connectivity index (χ3n) is 4.99. The second-order valence-corrected chi connectivity index (χ2v) is 7.53. The Labute approximate surface area is 255 Å². The molecule has 2 aromatic heterocycles. The molecule has 1 amide bonds. The Morgan fingerprint density at radius 2 is 1.57 bits per heavy atom. The van der Waals surface area contributed by atoms with Crippen molar-refractivity contribution in [2.75, 3.05) is 7.05 Å². The van der Waals surface area contributed by atoms with Crippen LogP contribution in [-0.4, -0.2) is 24.2 Å². The van der Waals surface area contributed by atoms with Gasteiger partial charge in [0, 0.05) is 6.42 Å². The first-order valence-electron chi connectivity index (χ1n) is 11.9. The van der Waals surface area contributed by atoms with Crippen LogP contribution in [0.1, 0.15) is 80.6 Å². The van der Waals surface area contributed by atoms with Gasteiger partial charge in [-0.2, -0.15) is 0 Å². The zero-order valence-corrected chi connectivity index (χ0v) is 27.3. The molecule has 0 radical (unpaired) electrons. The summed E-state index contributed by atoms with van der Waals surface area (Å²) in [5.41, 5.74) is 3.17. The standard InChI is InChI=1S/C23H24N2O5.2C2H6.Rb/c1-5-14-17(10-12(2)3)30-21-18(23(27)24-4)13(11-26)20-22(19(21)25-14)29-16-9-7-6-8-15(16)28-20;2*1-2;/h6-9,11-12H,5,10H2,1-4H3,(H2,24,25,26,27);2*1-2H3;/q;;;+1/p-1. The molecule has 184 valence electrons. The number of benzene rings is 2. The topological polar surface area (TPSA) is 103 Å². The average Bonchev–Trinajstić information content (AvgIpc) is 2.88. The van der Waals surface area contributed by atoms with E-state index in [0.717, 1.165) is 11.5 Å². The SMILES string of the molecule is CC.CC.CCc1[nH]c2c(oc1CC(C)C)c(C(=O)[N-]C)c(C=O)c1oc3ccccc3oc12.[Rb+]. The number of rotatable bonds is 5. The van der Waals surface area contributed by atoms with Crippen LogP contribution in [0.5, 0.6) is 0 Å². The summed E-state index contributed by atoms with van der Waals surface area (Å²) in [5, 5.41) is 3.78. The molecule has 0 fully saturated rings. The van der Waals surface area contributed by atoms with Crippen molar-refractivity contribution in [3.05, 3.63) is 52.2 Å². The quantitative estimate of drug-likeness (QED) is 0.209. The zero-order chi connectivity index (χ0) is 25.4. The zero-order valence-electron chi connectivity index (χ0n) is 22.4. The Morgan fingerprint density at radius 3 is 2.06 bits per heavy atom. The van der Waals surface area contributed by atoms with Crippen molar-refractivity contribution in [2.24, 2.45) is 5.92 Å². The maximum atomic E-state index is 12.7. The van der Waals surface area contributed by atoms with Gasteiger partial charge in [0.2, 0.25) is 0 Å². The van der Waals surface area contributed by atoms with Crippen LogP contribution in [0.2, 0.25) is 0 Å². The van der Waals surface area contributed by atoms with E-state index in [4.69, 9.17) is 13.3 Å². The van der Waals surface area contributed by atoms with E-state index < -0.39 is 5.91 Å². The number of para-hydroxylation sites is 2. The second kappa shape index (κ2) is 14.8. The molecule has 4 aromatic rings. The van der Waals surface area contributed by atoms with E-state index in [1.54, 1.807) is 18.2 Å². The van der Waals surface area contributed by atoms with Gasteiger partial charge in [-0.1, -0.05) is 60.6 Å². The summed E-state index contributed by atoms with van der Waals surface area (Å²) in [7, 11) is 1.38. The van der Waals surface area contributed by atoms with Crippen molar-refractivity contribution < 1.29 is 81.0 Å². The Bertz CT molecular complexity index is 1320. The Balaban J connectivity index is 0.00000117. The molecule has 4 rings (SSSR count). The Hall–Kier alpha value is -1.67. The molecule has 0 aliphatic carbocycles. The summed E-state index contributed by atoms with van der Waals surface area (Å²) in [4.78, 5) is 28.2. The molecule has 0 unspecified atom stereocenters. The molecule has 0 saturated carbocycles. The number of aldehydes is 1. The van der Waals surface area contributed by atoms with Crippen molar-refractivity contribution in [1.29, 1.82) is 0 Å². The third-order valence-corrected chi connectivity index (χ3v) is 4.99. The number of aromatic amines is 1. The molecule has 0 atom stereocenters. The van der Waals surface area contributed by atoms with Gasteiger partial charge >= 0.3 is 58.2 Å². The number of nitrogens with zero attached hydrogens (tertiary/aromatic N) is 1. The molecule has 0 saturated heterocycles. The number of carbonyl (C=O) groups excluding carboxylic acids is 2. The van der Waals surface area contributed by atoms with E-state index in [1.807, 2.05) is 40.7 Å². The average molecular weight is 553 g/mol. The van der Waals surface area contributed by atoms with E-state index in [9.17, 15) is 9.59 Å². The number of hydrogen-bond acceptors (Lipinski definition) is 5. The molecule has 0 bridgehead atoms. The fraction of sp³-hybridized carbons (Fsp3) is 0.407. The fourth-order valence-electron chi connectivity index (χ4n) is 3.62. The Kier molecular flexibility index (Phi) is 13.2. The normalized spacial score (nSPS) is 10.2. The minimum Gasteiger partial charge on any atom is -0.652 e. The number of aryl methyl sites for hydroxylation is 1. The van der Waals surface area contributed by atoms with Gasteiger partial charge in [-0.25, -0.2) is 0 Å². The summed E-state index contributed by atoms with van der Waals surface area (Å²) in [6.07, 6.45) is 1.96. The summed E-state index contributed by atoms with van der Waals surface area (Å²) in [6, 6.07) is 7.14. The molecule has 2 aromatic carbocycles. The van der Waals surface area contributed by atoms with Crippen LogP contribution in [0.3, 0.4) is 0 Å². The van der Waals surface area contributed by atoms with Crippen molar-refractivity contribution in [2.45, 2.75) is 61.3 Å². The summed E-state index contributed by atoms with van der Waals surface area (Å²) < 4.78 is 18.3. The van der Waals surface area contributed by atoms with E-state index >= 15 is 0 Å². The number of carbonyl (C=O) groups is 2. The van der Waals surface area contributed by atoms with Gasteiger partial charge in [-0.05, 0) is 24.5 Å². The van der Waals surface area contributed by atoms with Crippen LogP contribution >= 0.6 is 0 Å². The fourth-order valence-corrected chi connectivity index (χ4v) is 3.62. The molecule has 0 aliphatic rings. The van der Waals surface area contributed by atoms with Gasteiger partial charge in [0.25, 0.3) is 0 Å².